The van der Waals surface area contributed by atoms with E-state index >= 15 is 0 Å². The van der Waals surface area contributed by atoms with Crippen LogP contribution in [0.1, 0.15) is 38.6 Å². The van der Waals surface area contributed by atoms with Gasteiger partial charge in [-0.3, -0.25) is 0 Å². The van der Waals surface area contributed by atoms with Gasteiger partial charge in [-0.25, -0.2) is 4.98 Å². The Morgan fingerprint density at radius 1 is 1.33 bits per heavy atom. The van der Waals surface area contributed by atoms with Crippen LogP contribution in [0.25, 0.3) is 17.7 Å². The van der Waals surface area contributed by atoms with Crippen LogP contribution in [0, 0.1) is 0 Å². The average Bonchev–Trinajstić information content (AvgIpc) is 3.08. The van der Waals surface area contributed by atoms with E-state index < -0.39 is 0 Å². The molecule has 0 aromatic carbocycles. The van der Waals surface area contributed by atoms with Crippen molar-refractivity contribution >= 4 is 17.7 Å². The molecule has 2 nitrogen and oxygen atoms in total. The first-order valence-corrected chi connectivity index (χ1v) is 7.31. The summed E-state index contributed by atoms with van der Waals surface area (Å²) >= 11 is 0. The smallest absolute Gasteiger partial charge is 0.0729 e. The third-order valence-electron chi connectivity index (χ3n) is 3.05. The maximum absolute atomic E-state index is 4.71. The van der Waals surface area contributed by atoms with Crippen LogP contribution in [-0.4, -0.2) is 12.0 Å². The van der Waals surface area contributed by atoms with Crippen molar-refractivity contribution in [1.82, 2.24) is 10.3 Å². The molecule has 0 unspecified atom stereocenters. The third kappa shape index (κ3) is 4.32. The Balaban J connectivity index is 0.00000141. The van der Waals surface area contributed by atoms with Crippen molar-refractivity contribution in [3.05, 3.63) is 72.2 Å². The van der Waals surface area contributed by atoms with Crippen molar-refractivity contribution in [3.8, 4) is 0 Å². The molecule has 1 N–H and O–H groups in total. The number of nitrogens with one attached hydrogen (secondary N) is 1. The molecular formula is C19H26N2. The molecule has 0 saturated heterocycles. The summed E-state index contributed by atoms with van der Waals surface area (Å²) in [5.74, 6) is 0. The number of rotatable bonds is 5. The summed E-state index contributed by atoms with van der Waals surface area (Å²) < 4.78 is 0. The Morgan fingerprint density at radius 2 is 2.10 bits per heavy atom. The first-order valence-electron chi connectivity index (χ1n) is 7.31. The highest BCUT2D eigenvalue weighted by Gasteiger charge is 2.06. The summed E-state index contributed by atoms with van der Waals surface area (Å²) in [6, 6.07) is 4.08. The van der Waals surface area contributed by atoms with Crippen molar-refractivity contribution < 1.29 is 1.43 Å². The second-order valence-corrected chi connectivity index (χ2v) is 4.23. The van der Waals surface area contributed by atoms with Gasteiger partial charge in [-0.05, 0) is 35.8 Å². The van der Waals surface area contributed by atoms with Gasteiger partial charge in [-0.2, -0.15) is 0 Å². The molecule has 0 aliphatic heterocycles. The summed E-state index contributed by atoms with van der Waals surface area (Å²) in [4.78, 5) is 4.71. The fourth-order valence-corrected chi connectivity index (χ4v) is 1.96. The Morgan fingerprint density at radius 3 is 2.62 bits per heavy atom. The van der Waals surface area contributed by atoms with Gasteiger partial charge in [0, 0.05) is 14.2 Å². The fourth-order valence-electron chi connectivity index (χ4n) is 1.96. The molecule has 0 radical (unpaired) electrons. The molecule has 2 rings (SSSR count). The number of likely N-dealkylation sites (N-methyl/N-ethyl adjacent to an activating group) is 1. The molecule has 0 amide bonds. The van der Waals surface area contributed by atoms with Crippen LogP contribution in [0.3, 0.4) is 0 Å². The van der Waals surface area contributed by atoms with Gasteiger partial charge >= 0.3 is 0 Å². The molecule has 0 fully saturated rings. The van der Waals surface area contributed by atoms with Gasteiger partial charge < -0.3 is 5.32 Å². The van der Waals surface area contributed by atoms with Crippen LogP contribution >= 0.6 is 0 Å². The summed E-state index contributed by atoms with van der Waals surface area (Å²) in [6.45, 7) is 11.6. The second-order valence-electron chi connectivity index (χ2n) is 4.23. The zero-order chi connectivity index (χ0) is 15.7. The molecule has 0 spiro atoms. The fraction of sp³-hybridized carbons (Fsp3) is 0.211. The van der Waals surface area contributed by atoms with Crippen LogP contribution in [0.15, 0.2) is 55.3 Å². The maximum atomic E-state index is 4.71. The minimum Gasteiger partial charge on any atom is -0.388 e. The highest BCUT2D eigenvalue weighted by atomic mass is 14.8. The minimum absolute atomic E-state index is 0. The van der Waals surface area contributed by atoms with Crippen molar-refractivity contribution in [3.63, 3.8) is 0 Å². The Labute approximate surface area is 129 Å². The van der Waals surface area contributed by atoms with E-state index in [4.69, 9.17) is 4.98 Å². The van der Waals surface area contributed by atoms with Gasteiger partial charge in [0.2, 0.25) is 0 Å². The Hall–Kier alpha value is -2.35. The molecule has 1 aliphatic carbocycles. The van der Waals surface area contributed by atoms with Gasteiger partial charge in [-0.15, -0.1) is 0 Å². The normalized spacial score (nSPS) is 13.1. The molecule has 1 heterocycles. The molecule has 1 aromatic heterocycles. The lowest BCUT2D eigenvalue weighted by atomic mass is 10.1. The highest BCUT2D eigenvalue weighted by molar-refractivity contribution is 5.76. The summed E-state index contributed by atoms with van der Waals surface area (Å²) in [5.41, 5.74) is 5.02. The lowest BCUT2D eigenvalue weighted by molar-refractivity contribution is 1.04. The molecular weight excluding hydrogens is 256 g/mol. The lowest BCUT2D eigenvalue weighted by Crippen LogP contribution is -2.03. The van der Waals surface area contributed by atoms with Crippen molar-refractivity contribution in [2.75, 3.05) is 7.05 Å². The summed E-state index contributed by atoms with van der Waals surface area (Å²) in [5, 5.41) is 3.08. The molecule has 2 heteroatoms. The first kappa shape index (κ1) is 16.7. The van der Waals surface area contributed by atoms with E-state index in [-0.39, 0.29) is 1.43 Å². The second kappa shape index (κ2) is 8.75. The van der Waals surface area contributed by atoms with Crippen LogP contribution in [0.4, 0.5) is 0 Å². The van der Waals surface area contributed by atoms with E-state index in [0.717, 1.165) is 29.1 Å². The minimum atomic E-state index is 0. The van der Waals surface area contributed by atoms with Crippen LogP contribution in [0.5, 0.6) is 0 Å². The van der Waals surface area contributed by atoms with Gasteiger partial charge in [0.05, 0.1) is 11.4 Å². The largest absolute Gasteiger partial charge is 0.388 e. The number of nitrogens with zero attached hydrogens (tertiary/aromatic N) is 1. The molecule has 1 aliphatic rings. The standard InChI is InChI=1S/C17H18N2.C2H6.H2/c1-4-13-10-11-16(14-8-6-7-9-14)19-17(13)12-15(5-2)18-3;1-2;/h4-6,8-12,18H,1-2,7H2,3H3;1-2H3;1H/b15-12+;;. The van der Waals surface area contributed by atoms with E-state index in [1.807, 2.05) is 45.2 Å². The third-order valence-corrected chi connectivity index (χ3v) is 3.05. The molecule has 112 valence electrons. The monoisotopic (exact) mass is 282 g/mol. The number of hydrogen-bond acceptors (Lipinski definition) is 2. The topological polar surface area (TPSA) is 24.9 Å². The molecule has 21 heavy (non-hydrogen) atoms. The molecule has 0 atom stereocenters. The van der Waals surface area contributed by atoms with Crippen molar-refractivity contribution in [2.24, 2.45) is 0 Å². The van der Waals surface area contributed by atoms with E-state index in [2.05, 4.69) is 36.7 Å². The molecule has 1 aromatic rings. The van der Waals surface area contributed by atoms with Gasteiger partial charge in [0.15, 0.2) is 0 Å². The Kier molecular flexibility index (Phi) is 6.96. The Bertz CT molecular complexity index is 595. The molecule has 0 bridgehead atoms. The number of aromatic nitrogens is 1. The lowest BCUT2D eigenvalue weighted by Gasteiger charge is -2.07. The van der Waals surface area contributed by atoms with E-state index in [1.54, 1.807) is 6.08 Å². The van der Waals surface area contributed by atoms with Crippen LogP contribution < -0.4 is 5.32 Å². The maximum Gasteiger partial charge on any atom is 0.0729 e. The number of hydrogen-bond donors (Lipinski definition) is 1. The first-order chi connectivity index (χ1) is 10.3. The van der Waals surface area contributed by atoms with E-state index in [9.17, 15) is 0 Å². The van der Waals surface area contributed by atoms with Crippen molar-refractivity contribution in [1.29, 1.82) is 0 Å². The predicted molar refractivity (Wildman–Crippen MR) is 96.8 cm³/mol. The zero-order valence-corrected chi connectivity index (χ0v) is 13.2. The highest BCUT2D eigenvalue weighted by Crippen LogP contribution is 2.22. The predicted octanol–water partition coefficient (Wildman–Crippen LogP) is 5.09. The number of pyridine rings is 1. The van der Waals surface area contributed by atoms with Gasteiger partial charge in [-0.1, -0.05) is 57.4 Å². The van der Waals surface area contributed by atoms with E-state index in [0.29, 0.717) is 0 Å². The summed E-state index contributed by atoms with van der Waals surface area (Å²) in [6.07, 6.45) is 13.0. The quantitative estimate of drug-likeness (QED) is 0.761. The van der Waals surface area contributed by atoms with Crippen molar-refractivity contribution in [2.45, 2.75) is 20.3 Å². The van der Waals surface area contributed by atoms with Crippen LogP contribution in [0.2, 0.25) is 0 Å². The summed E-state index contributed by atoms with van der Waals surface area (Å²) in [7, 11) is 1.87. The average molecular weight is 282 g/mol. The molecule has 0 saturated carbocycles. The SMILES string of the molecule is C=C/C(=C\c1nc(C2=CCC=C2)ccc1C=C)NC.CC.[HH]. The van der Waals surface area contributed by atoms with E-state index in [1.165, 1.54) is 5.57 Å². The van der Waals surface area contributed by atoms with Gasteiger partial charge in [0.1, 0.15) is 0 Å². The van der Waals surface area contributed by atoms with Crippen LogP contribution in [-0.2, 0) is 0 Å². The van der Waals surface area contributed by atoms with Gasteiger partial charge in [0.25, 0.3) is 0 Å². The number of allylic oxidation sites excluding steroid dienone is 5. The zero-order valence-electron chi connectivity index (χ0n) is 13.2.